The molecule has 20 heavy (non-hydrogen) atoms. The fourth-order valence-corrected chi connectivity index (χ4v) is 3.34. The number of halogens is 1. The van der Waals surface area contributed by atoms with Crippen LogP contribution in [0.3, 0.4) is 0 Å². The van der Waals surface area contributed by atoms with Crippen molar-refractivity contribution in [1.29, 1.82) is 0 Å². The molecular weight excluding hydrogens is 342 g/mol. The molecule has 7 heteroatoms. The molecule has 0 bridgehead atoms. The van der Waals surface area contributed by atoms with Crippen LogP contribution in [0, 0.1) is 0 Å². The van der Waals surface area contributed by atoms with E-state index >= 15 is 0 Å². The molecule has 0 saturated heterocycles. The van der Waals surface area contributed by atoms with E-state index in [2.05, 4.69) is 44.2 Å². The second-order valence-electron chi connectivity index (χ2n) is 3.94. The molecule has 0 aromatic carbocycles. The Morgan fingerprint density at radius 1 is 1.35 bits per heavy atom. The molecule has 0 spiro atoms. The van der Waals surface area contributed by atoms with Crippen molar-refractivity contribution in [3.63, 3.8) is 0 Å². The minimum absolute atomic E-state index is 0.0512. The lowest BCUT2D eigenvalue weighted by molar-refractivity contribution is 0.353. The van der Waals surface area contributed by atoms with E-state index in [1.165, 1.54) is 0 Å². The molecule has 0 fully saturated rings. The molecule has 0 aliphatic rings. The van der Waals surface area contributed by atoms with Gasteiger partial charge in [-0.1, -0.05) is 6.92 Å². The molecule has 0 saturated carbocycles. The molecule has 0 amide bonds. The van der Waals surface area contributed by atoms with Crippen LogP contribution >= 0.6 is 27.3 Å². The van der Waals surface area contributed by atoms with Crippen LogP contribution in [0.1, 0.15) is 23.5 Å². The zero-order valence-electron chi connectivity index (χ0n) is 11.5. The van der Waals surface area contributed by atoms with Crippen LogP contribution in [0.25, 0.3) is 0 Å². The number of ether oxygens (including phenoxy) is 2. The smallest absolute Gasteiger partial charge is 0.240 e. The van der Waals surface area contributed by atoms with Crippen molar-refractivity contribution in [1.82, 2.24) is 15.3 Å². The Hall–Kier alpha value is -1.18. The Balaban J connectivity index is 2.43. The van der Waals surface area contributed by atoms with Gasteiger partial charge in [0, 0.05) is 4.88 Å². The van der Waals surface area contributed by atoms with Gasteiger partial charge >= 0.3 is 0 Å². The Labute approximate surface area is 130 Å². The first-order valence-electron chi connectivity index (χ1n) is 6.13. The lowest BCUT2D eigenvalue weighted by atomic mass is 10.1. The van der Waals surface area contributed by atoms with Gasteiger partial charge in [-0.3, -0.25) is 0 Å². The van der Waals surface area contributed by atoms with Gasteiger partial charge < -0.3 is 14.8 Å². The number of nitrogens with zero attached hydrogens (tertiary/aromatic N) is 2. The predicted molar refractivity (Wildman–Crippen MR) is 82.7 cm³/mol. The maximum Gasteiger partial charge on any atom is 0.240 e. The van der Waals surface area contributed by atoms with Crippen LogP contribution in [0.5, 0.6) is 11.8 Å². The number of aromatic nitrogens is 2. The number of hydrogen-bond donors (Lipinski definition) is 1. The number of hydrogen-bond acceptors (Lipinski definition) is 6. The summed E-state index contributed by atoms with van der Waals surface area (Å²) in [6, 6.07) is 4.03. The largest absolute Gasteiger partial charge is 0.480 e. The summed E-state index contributed by atoms with van der Waals surface area (Å²) in [5, 5.41) is 3.41. The quantitative estimate of drug-likeness (QED) is 0.860. The van der Waals surface area contributed by atoms with Crippen molar-refractivity contribution in [2.45, 2.75) is 13.0 Å². The van der Waals surface area contributed by atoms with Crippen molar-refractivity contribution in [2.75, 3.05) is 20.8 Å². The first kappa shape index (κ1) is 15.2. The molecule has 1 atom stereocenters. The van der Waals surface area contributed by atoms with Crippen LogP contribution in [0.2, 0.25) is 0 Å². The van der Waals surface area contributed by atoms with Crippen molar-refractivity contribution >= 4 is 27.3 Å². The monoisotopic (exact) mass is 357 g/mol. The van der Waals surface area contributed by atoms with E-state index in [-0.39, 0.29) is 6.04 Å². The van der Waals surface area contributed by atoms with E-state index in [0.717, 1.165) is 20.9 Å². The van der Waals surface area contributed by atoms with Gasteiger partial charge in [-0.25, -0.2) is 4.98 Å². The summed E-state index contributed by atoms with van der Waals surface area (Å²) in [4.78, 5) is 9.88. The Morgan fingerprint density at radius 3 is 2.70 bits per heavy atom. The maximum atomic E-state index is 5.34. The van der Waals surface area contributed by atoms with Gasteiger partial charge in [0.1, 0.15) is 5.69 Å². The summed E-state index contributed by atoms with van der Waals surface area (Å²) in [6.45, 7) is 2.87. The highest BCUT2D eigenvalue weighted by Gasteiger charge is 2.22. The molecule has 108 valence electrons. The van der Waals surface area contributed by atoms with Crippen LogP contribution in [0.4, 0.5) is 0 Å². The van der Waals surface area contributed by atoms with Crippen LogP contribution < -0.4 is 14.8 Å². The van der Waals surface area contributed by atoms with E-state index in [1.807, 2.05) is 6.07 Å². The van der Waals surface area contributed by atoms with Gasteiger partial charge in [0.15, 0.2) is 0 Å². The Morgan fingerprint density at radius 2 is 2.15 bits per heavy atom. The second-order valence-corrected chi connectivity index (χ2v) is 6.43. The van der Waals surface area contributed by atoms with Gasteiger partial charge in [0.25, 0.3) is 0 Å². The van der Waals surface area contributed by atoms with Gasteiger partial charge in [0.05, 0.1) is 30.2 Å². The first-order valence-corrected chi connectivity index (χ1v) is 7.74. The third-order valence-electron chi connectivity index (χ3n) is 2.71. The molecule has 2 aromatic heterocycles. The maximum absolute atomic E-state index is 5.34. The van der Waals surface area contributed by atoms with Crippen LogP contribution in [-0.4, -0.2) is 30.7 Å². The highest BCUT2D eigenvalue weighted by atomic mass is 79.9. The molecule has 0 aliphatic carbocycles. The lowest BCUT2D eigenvalue weighted by Crippen LogP contribution is -2.23. The van der Waals surface area contributed by atoms with Crippen LogP contribution in [-0.2, 0) is 0 Å². The molecule has 2 heterocycles. The summed E-state index contributed by atoms with van der Waals surface area (Å²) in [6.07, 6.45) is 1.60. The first-order chi connectivity index (χ1) is 9.69. The Bertz CT molecular complexity index is 576. The second kappa shape index (κ2) is 7.01. The predicted octanol–water partition coefficient (Wildman–Crippen LogP) is 3.02. The van der Waals surface area contributed by atoms with Crippen molar-refractivity contribution < 1.29 is 9.47 Å². The fraction of sp³-hybridized carbons (Fsp3) is 0.385. The molecule has 2 rings (SSSR count). The van der Waals surface area contributed by atoms with Gasteiger partial charge in [-0.15, -0.1) is 11.3 Å². The Kier molecular flexibility index (Phi) is 5.33. The van der Waals surface area contributed by atoms with Crippen molar-refractivity contribution in [3.8, 4) is 11.8 Å². The highest BCUT2D eigenvalue weighted by Crippen LogP contribution is 2.34. The van der Waals surface area contributed by atoms with Crippen molar-refractivity contribution in [2.24, 2.45) is 0 Å². The average Bonchev–Trinajstić information content (AvgIpc) is 2.90. The summed E-state index contributed by atoms with van der Waals surface area (Å²) in [5.74, 6) is 0.910. The molecule has 2 aromatic rings. The fourth-order valence-electron chi connectivity index (χ4n) is 1.83. The minimum Gasteiger partial charge on any atom is -0.480 e. The molecule has 0 radical (unpaired) electrons. The van der Waals surface area contributed by atoms with Gasteiger partial charge in [-0.2, -0.15) is 4.98 Å². The normalized spacial score (nSPS) is 12.2. The third kappa shape index (κ3) is 3.28. The van der Waals surface area contributed by atoms with E-state index < -0.39 is 0 Å². The molecule has 1 unspecified atom stereocenters. The number of thiophene rings is 1. The standard InChI is InChI=1S/C13H16BrN3O2S/c1-4-15-11(8-5-6-9(14)20-8)12-13(19-3)17-10(18-2)7-16-12/h5-7,11,15H,4H2,1-3H3. The summed E-state index contributed by atoms with van der Waals surface area (Å²) in [7, 11) is 3.14. The van der Waals surface area contributed by atoms with Crippen molar-refractivity contribution in [3.05, 3.63) is 32.7 Å². The molecular formula is C13H16BrN3O2S. The number of nitrogens with one attached hydrogen (secondary N) is 1. The van der Waals surface area contributed by atoms with E-state index in [9.17, 15) is 0 Å². The van der Waals surface area contributed by atoms with E-state index in [4.69, 9.17) is 9.47 Å². The van der Waals surface area contributed by atoms with Gasteiger partial charge in [0.2, 0.25) is 11.8 Å². The third-order valence-corrected chi connectivity index (χ3v) is 4.40. The zero-order chi connectivity index (χ0) is 14.5. The lowest BCUT2D eigenvalue weighted by Gasteiger charge is -2.18. The number of methoxy groups -OCH3 is 2. The molecule has 1 N–H and O–H groups in total. The average molecular weight is 358 g/mol. The van der Waals surface area contributed by atoms with E-state index in [1.54, 1.807) is 31.8 Å². The summed E-state index contributed by atoms with van der Waals surface area (Å²) < 4.78 is 11.5. The number of rotatable bonds is 6. The van der Waals surface area contributed by atoms with Crippen LogP contribution in [0.15, 0.2) is 22.1 Å². The molecule has 5 nitrogen and oxygen atoms in total. The topological polar surface area (TPSA) is 56.3 Å². The SMILES string of the molecule is CCNC(c1ccc(Br)s1)c1ncc(OC)nc1OC. The summed E-state index contributed by atoms with van der Waals surface area (Å²) >= 11 is 5.15. The highest BCUT2D eigenvalue weighted by molar-refractivity contribution is 9.11. The van der Waals surface area contributed by atoms with Gasteiger partial charge in [-0.05, 0) is 34.6 Å². The minimum atomic E-state index is -0.0512. The summed E-state index contributed by atoms with van der Waals surface area (Å²) in [5.41, 5.74) is 0.754. The van der Waals surface area contributed by atoms with E-state index in [0.29, 0.717) is 11.8 Å². The molecule has 0 aliphatic heterocycles. The zero-order valence-corrected chi connectivity index (χ0v) is 13.9.